The molecule has 0 bridgehead atoms. The number of hydrogen-bond donors (Lipinski definition) is 3. The van der Waals surface area contributed by atoms with Crippen LogP contribution in [-0.2, 0) is 65.4 Å². The molecule has 0 spiro atoms. The molecule has 0 amide bonds. The zero-order valence-corrected chi connectivity index (χ0v) is 65.5. The zero-order chi connectivity index (χ0) is 72.3. The smallest absolute Gasteiger partial charge is 0.462 e. The van der Waals surface area contributed by atoms with Crippen molar-refractivity contribution in [2.24, 2.45) is 17.8 Å². The second kappa shape index (κ2) is 68.9. The minimum absolute atomic E-state index is 0.0840. The molecule has 0 aromatic heterocycles. The Morgan fingerprint density at radius 2 is 0.602 bits per heavy atom. The molecule has 0 aliphatic rings. The van der Waals surface area contributed by atoms with Crippen molar-refractivity contribution in [1.82, 2.24) is 0 Å². The van der Waals surface area contributed by atoms with E-state index in [-0.39, 0.29) is 25.7 Å². The lowest BCUT2D eigenvalue weighted by Crippen LogP contribution is -2.30. The lowest BCUT2D eigenvalue weighted by Gasteiger charge is -2.21. The number of carbonyl (C=O) groups is 4. The Morgan fingerprint density at radius 1 is 0.337 bits per heavy atom. The molecule has 0 saturated carbocycles. The average Bonchev–Trinajstić information content (AvgIpc) is 1.01. The summed E-state index contributed by atoms with van der Waals surface area (Å²) in [5.74, 6) is 0.164. The highest BCUT2D eigenvalue weighted by Crippen LogP contribution is 2.45. The topological polar surface area (TPSA) is 237 Å². The Labute approximate surface area is 599 Å². The third-order valence-corrected chi connectivity index (χ3v) is 20.0. The predicted molar refractivity (Wildman–Crippen MR) is 400 cm³/mol. The van der Waals surface area contributed by atoms with Crippen LogP contribution in [0.5, 0.6) is 0 Å². The van der Waals surface area contributed by atoms with Gasteiger partial charge in [-0.1, -0.05) is 330 Å². The molecule has 0 aromatic carbocycles. The molecule has 0 aromatic rings. The largest absolute Gasteiger partial charge is 0.472 e. The second-order valence-corrected chi connectivity index (χ2v) is 31.9. The standard InChI is InChI=1S/C79H150O17P2/c1-8-10-11-12-13-14-15-16-18-22-29-34-39-48-55-63-79(84)96-75(67-90-77(82)61-54-47-42-41-45-52-59-72(7)9-2)69-94-98(87,88)92-65-73(80)64-91-97(85,86)93-68-74(66-89-76(81)60-53-46-38-33-28-25-24-27-32-37-44-51-58-71(5)6)95-78(83)62-56-49-40-35-30-23-20-17-19-21-26-31-36-43-50-57-70(3)4/h14-16,18,70-75,80H,8-13,17,19-69H2,1-7H3,(H,85,86)(H,87,88)/b15-14-,18-16-/t72?,73-,74-,75-/m1/s1. The van der Waals surface area contributed by atoms with Gasteiger partial charge in [-0.2, -0.15) is 0 Å². The van der Waals surface area contributed by atoms with E-state index in [1.165, 1.54) is 173 Å². The first-order valence-electron chi connectivity index (χ1n) is 40.2. The van der Waals surface area contributed by atoms with E-state index >= 15 is 0 Å². The SMILES string of the molecule is CCCCCC/C=C\C=C/CCCCCCCC(=O)O[C@H](COC(=O)CCCCCCCCC(C)CC)COP(=O)(O)OC[C@H](O)COP(=O)(O)OC[C@@H](COC(=O)CCCCCCCCCCCCCCC(C)C)OC(=O)CCCCCCCCCCCCCCCCCC(C)C. The van der Waals surface area contributed by atoms with Gasteiger partial charge in [0.15, 0.2) is 12.2 Å². The van der Waals surface area contributed by atoms with E-state index in [1.54, 1.807) is 0 Å². The molecule has 0 aliphatic heterocycles. The van der Waals surface area contributed by atoms with Gasteiger partial charge in [0.1, 0.15) is 19.3 Å². The fourth-order valence-corrected chi connectivity index (χ4v) is 13.1. The number of hydrogen-bond acceptors (Lipinski definition) is 15. The van der Waals surface area contributed by atoms with Crippen LogP contribution in [0.1, 0.15) is 382 Å². The lowest BCUT2D eigenvalue weighted by atomic mass is 10.00. The van der Waals surface area contributed by atoms with Crippen LogP contribution in [0.15, 0.2) is 24.3 Å². The van der Waals surface area contributed by atoms with E-state index < -0.39 is 97.5 Å². The first-order valence-corrected chi connectivity index (χ1v) is 43.2. The molecule has 0 rings (SSSR count). The first kappa shape index (κ1) is 95.5. The van der Waals surface area contributed by atoms with E-state index in [1.807, 2.05) is 0 Å². The molecule has 6 atom stereocenters. The van der Waals surface area contributed by atoms with Crippen molar-refractivity contribution >= 4 is 39.5 Å². The maximum atomic E-state index is 13.1. The van der Waals surface area contributed by atoms with Crippen LogP contribution in [0.3, 0.4) is 0 Å². The molecule has 3 unspecified atom stereocenters. The Hall–Kier alpha value is -2.46. The third kappa shape index (κ3) is 70.6. The Balaban J connectivity index is 5.29. The molecule has 0 aliphatic carbocycles. The summed E-state index contributed by atoms with van der Waals surface area (Å²) < 4.78 is 68.6. The molecule has 19 heteroatoms. The first-order chi connectivity index (χ1) is 47.3. The van der Waals surface area contributed by atoms with Crippen LogP contribution >= 0.6 is 15.6 Å². The zero-order valence-electron chi connectivity index (χ0n) is 63.7. The molecule has 0 fully saturated rings. The average molecular weight is 1430 g/mol. The van der Waals surface area contributed by atoms with Crippen LogP contribution in [0, 0.1) is 17.8 Å². The Morgan fingerprint density at radius 3 is 0.908 bits per heavy atom. The van der Waals surface area contributed by atoms with Crippen molar-refractivity contribution in [3.63, 3.8) is 0 Å². The van der Waals surface area contributed by atoms with Gasteiger partial charge < -0.3 is 33.8 Å². The summed E-state index contributed by atoms with van der Waals surface area (Å²) in [6, 6.07) is 0. The molecule has 17 nitrogen and oxygen atoms in total. The normalized spacial score (nSPS) is 14.4. The van der Waals surface area contributed by atoms with Crippen molar-refractivity contribution in [2.75, 3.05) is 39.6 Å². The monoisotopic (exact) mass is 1430 g/mol. The van der Waals surface area contributed by atoms with Crippen LogP contribution in [0.2, 0.25) is 0 Å². The summed E-state index contributed by atoms with van der Waals surface area (Å²) in [4.78, 5) is 72.9. The maximum absolute atomic E-state index is 13.1. The molecular weight excluding hydrogens is 1280 g/mol. The van der Waals surface area contributed by atoms with Gasteiger partial charge in [0.05, 0.1) is 26.4 Å². The van der Waals surface area contributed by atoms with Gasteiger partial charge in [-0.25, -0.2) is 9.13 Å². The summed E-state index contributed by atoms with van der Waals surface area (Å²) in [6.07, 6.45) is 59.1. The fraction of sp³-hybridized carbons (Fsp3) is 0.899. The van der Waals surface area contributed by atoms with Gasteiger partial charge in [0, 0.05) is 25.7 Å². The second-order valence-electron chi connectivity index (χ2n) is 29.0. The van der Waals surface area contributed by atoms with Crippen molar-refractivity contribution in [3.8, 4) is 0 Å². The number of allylic oxidation sites excluding steroid dienone is 4. The lowest BCUT2D eigenvalue weighted by molar-refractivity contribution is -0.161. The minimum Gasteiger partial charge on any atom is -0.462 e. The highest BCUT2D eigenvalue weighted by atomic mass is 31.2. The Bertz CT molecular complexity index is 2000. The summed E-state index contributed by atoms with van der Waals surface area (Å²) in [5, 5.41) is 10.6. The van der Waals surface area contributed by atoms with E-state index in [0.717, 1.165) is 127 Å². The molecule has 98 heavy (non-hydrogen) atoms. The summed E-state index contributed by atoms with van der Waals surface area (Å²) in [5.41, 5.74) is 0. The number of rotatable bonds is 75. The van der Waals surface area contributed by atoms with Gasteiger partial charge in [-0.05, 0) is 69.1 Å². The predicted octanol–water partition coefficient (Wildman–Crippen LogP) is 22.9. The van der Waals surface area contributed by atoms with Gasteiger partial charge in [0.2, 0.25) is 0 Å². The molecular formula is C79H150O17P2. The summed E-state index contributed by atoms with van der Waals surface area (Å²) >= 11 is 0. The Kier molecular flexibility index (Phi) is 67.2. The number of unbranched alkanes of at least 4 members (excludes halogenated alkanes) is 39. The number of ether oxygens (including phenoxy) is 4. The van der Waals surface area contributed by atoms with E-state index in [2.05, 4.69) is 72.8 Å². The minimum atomic E-state index is -4.97. The third-order valence-electron chi connectivity index (χ3n) is 18.1. The molecule has 578 valence electrons. The molecule has 0 heterocycles. The molecule has 3 N–H and O–H groups in total. The summed E-state index contributed by atoms with van der Waals surface area (Å²) in [7, 11) is -9.93. The number of aliphatic hydroxyl groups excluding tert-OH is 1. The number of aliphatic hydroxyl groups is 1. The van der Waals surface area contributed by atoms with Gasteiger partial charge in [-0.15, -0.1) is 0 Å². The maximum Gasteiger partial charge on any atom is 0.472 e. The number of phosphoric ester groups is 2. The number of carbonyl (C=O) groups excluding carboxylic acids is 4. The molecule has 0 radical (unpaired) electrons. The molecule has 0 saturated heterocycles. The van der Waals surface area contributed by atoms with Crippen molar-refractivity contribution in [3.05, 3.63) is 24.3 Å². The van der Waals surface area contributed by atoms with Crippen LogP contribution in [-0.4, -0.2) is 96.7 Å². The number of esters is 4. The summed E-state index contributed by atoms with van der Waals surface area (Å²) in [6.45, 7) is 11.8. The highest BCUT2D eigenvalue weighted by molar-refractivity contribution is 7.47. The van der Waals surface area contributed by atoms with Crippen LogP contribution in [0.4, 0.5) is 0 Å². The van der Waals surface area contributed by atoms with E-state index in [4.69, 9.17) is 37.0 Å². The quantitative estimate of drug-likeness (QED) is 0.0169. The van der Waals surface area contributed by atoms with E-state index in [0.29, 0.717) is 25.7 Å². The van der Waals surface area contributed by atoms with Gasteiger partial charge >= 0.3 is 39.5 Å². The van der Waals surface area contributed by atoms with Gasteiger partial charge in [0.25, 0.3) is 0 Å². The number of phosphoric acid groups is 2. The van der Waals surface area contributed by atoms with Crippen molar-refractivity contribution in [1.29, 1.82) is 0 Å². The van der Waals surface area contributed by atoms with Gasteiger partial charge in [-0.3, -0.25) is 37.3 Å². The van der Waals surface area contributed by atoms with Crippen LogP contribution < -0.4 is 0 Å². The fourth-order valence-electron chi connectivity index (χ4n) is 11.6. The highest BCUT2D eigenvalue weighted by Gasteiger charge is 2.30. The van der Waals surface area contributed by atoms with Crippen molar-refractivity contribution in [2.45, 2.75) is 401 Å². The van der Waals surface area contributed by atoms with Crippen molar-refractivity contribution < 1.29 is 80.2 Å². The van der Waals surface area contributed by atoms with E-state index in [9.17, 15) is 43.2 Å². The van der Waals surface area contributed by atoms with Crippen LogP contribution in [0.25, 0.3) is 0 Å².